The first-order valence-corrected chi connectivity index (χ1v) is 9.52. The van der Waals surface area contributed by atoms with Crippen LogP contribution in [0.3, 0.4) is 0 Å². The number of rotatable bonds is 4. The van der Waals surface area contributed by atoms with E-state index in [1.807, 2.05) is 11.8 Å². The van der Waals surface area contributed by atoms with Crippen LogP contribution in [0.1, 0.15) is 24.8 Å². The Morgan fingerprint density at radius 2 is 2.38 bits per heavy atom. The zero-order chi connectivity index (χ0) is 14.7. The molecule has 0 aromatic heterocycles. The molecule has 21 heavy (non-hydrogen) atoms. The molecule has 2 heterocycles. The fraction of sp³-hybridized carbons (Fsp3) is 0.625. The van der Waals surface area contributed by atoms with E-state index >= 15 is 0 Å². The lowest BCUT2D eigenvalue weighted by molar-refractivity contribution is -0.0960. The number of nitrogens with two attached hydrogens (primary N) is 1. The molecule has 0 bridgehead atoms. The summed E-state index contributed by atoms with van der Waals surface area (Å²) < 4.78 is 13.3. The lowest BCUT2D eigenvalue weighted by atomic mass is 9.91. The third-order valence-corrected chi connectivity index (χ3v) is 6.08. The minimum atomic E-state index is 0.0690. The van der Waals surface area contributed by atoms with E-state index in [2.05, 4.69) is 34.1 Å². The van der Waals surface area contributed by atoms with Gasteiger partial charge >= 0.3 is 0 Å². The summed E-state index contributed by atoms with van der Waals surface area (Å²) in [6, 6.07) is 6.27. The van der Waals surface area contributed by atoms with Crippen molar-refractivity contribution < 1.29 is 9.47 Å². The highest BCUT2D eigenvalue weighted by molar-refractivity contribution is 9.10. The van der Waals surface area contributed by atoms with Gasteiger partial charge in [0.2, 0.25) is 0 Å². The third-order valence-electron chi connectivity index (χ3n) is 4.24. The summed E-state index contributed by atoms with van der Waals surface area (Å²) in [5.41, 5.74) is 6.91. The van der Waals surface area contributed by atoms with Crippen molar-refractivity contribution in [2.24, 2.45) is 5.73 Å². The van der Waals surface area contributed by atoms with Crippen LogP contribution in [0.25, 0.3) is 0 Å². The maximum absolute atomic E-state index is 6.24. The molecule has 2 aliphatic rings. The Balaban J connectivity index is 1.65. The highest BCUT2D eigenvalue weighted by Crippen LogP contribution is 2.40. The molecular formula is C16H22BrNO2S. The van der Waals surface area contributed by atoms with Gasteiger partial charge in [-0.1, -0.05) is 6.07 Å². The van der Waals surface area contributed by atoms with Gasteiger partial charge in [0.25, 0.3) is 0 Å². The van der Waals surface area contributed by atoms with E-state index in [0.717, 1.165) is 48.3 Å². The highest BCUT2D eigenvalue weighted by atomic mass is 79.9. The van der Waals surface area contributed by atoms with Crippen molar-refractivity contribution in [3.05, 3.63) is 28.2 Å². The molecule has 1 aromatic rings. The van der Waals surface area contributed by atoms with Gasteiger partial charge in [-0.25, -0.2) is 0 Å². The molecule has 0 saturated carbocycles. The number of halogens is 1. The topological polar surface area (TPSA) is 44.5 Å². The van der Waals surface area contributed by atoms with Gasteiger partial charge in [-0.05, 0) is 58.8 Å². The van der Waals surface area contributed by atoms with Crippen molar-refractivity contribution >= 4 is 27.7 Å². The highest BCUT2D eigenvalue weighted by Gasteiger charge is 2.41. The van der Waals surface area contributed by atoms with Gasteiger partial charge in [0.15, 0.2) is 0 Å². The predicted molar refractivity (Wildman–Crippen MR) is 91.2 cm³/mol. The molecule has 1 spiro atoms. The van der Waals surface area contributed by atoms with Gasteiger partial charge in [0, 0.05) is 18.6 Å². The summed E-state index contributed by atoms with van der Waals surface area (Å²) in [6.45, 7) is 1.49. The molecule has 0 amide bonds. The maximum Gasteiger partial charge on any atom is 0.133 e. The van der Waals surface area contributed by atoms with E-state index < -0.39 is 0 Å². The van der Waals surface area contributed by atoms with Crippen LogP contribution in [0.15, 0.2) is 22.7 Å². The lowest BCUT2D eigenvalue weighted by Gasteiger charge is -2.37. The Hall–Kier alpha value is -0.230. The fourth-order valence-corrected chi connectivity index (χ4v) is 4.99. The molecule has 116 valence electrons. The second-order valence-corrected chi connectivity index (χ2v) is 7.83. The zero-order valence-electron chi connectivity index (χ0n) is 12.1. The van der Waals surface area contributed by atoms with E-state index in [0.29, 0.717) is 6.54 Å². The van der Waals surface area contributed by atoms with Gasteiger partial charge < -0.3 is 15.2 Å². The quantitative estimate of drug-likeness (QED) is 0.880. The molecule has 3 rings (SSSR count). The monoisotopic (exact) mass is 371 g/mol. The minimum absolute atomic E-state index is 0.0690. The molecule has 2 saturated heterocycles. The number of hydrogen-bond donors (Lipinski definition) is 1. The molecule has 0 aliphatic carbocycles. The van der Waals surface area contributed by atoms with Crippen molar-refractivity contribution in [1.82, 2.24) is 0 Å². The van der Waals surface area contributed by atoms with Crippen LogP contribution in [0.2, 0.25) is 0 Å². The zero-order valence-corrected chi connectivity index (χ0v) is 14.5. The van der Waals surface area contributed by atoms with Gasteiger partial charge in [0.1, 0.15) is 11.9 Å². The minimum Gasteiger partial charge on any atom is -0.489 e. The molecule has 2 atom stereocenters. The van der Waals surface area contributed by atoms with Crippen LogP contribution in [-0.2, 0) is 11.2 Å². The van der Waals surface area contributed by atoms with Crippen LogP contribution in [0.5, 0.6) is 5.75 Å². The van der Waals surface area contributed by atoms with E-state index in [9.17, 15) is 0 Å². The maximum atomic E-state index is 6.24. The van der Waals surface area contributed by atoms with Crippen LogP contribution < -0.4 is 10.5 Å². The molecular weight excluding hydrogens is 350 g/mol. The first kappa shape index (κ1) is 15.7. The third kappa shape index (κ3) is 3.76. The summed E-state index contributed by atoms with van der Waals surface area (Å²) in [6.07, 6.45) is 4.31. The van der Waals surface area contributed by atoms with Gasteiger partial charge in [0.05, 0.1) is 16.7 Å². The van der Waals surface area contributed by atoms with Crippen LogP contribution >= 0.6 is 27.7 Å². The Labute approximate surface area is 139 Å². The first-order chi connectivity index (χ1) is 10.2. The van der Waals surface area contributed by atoms with Gasteiger partial charge in [-0.15, -0.1) is 0 Å². The second-order valence-electron chi connectivity index (χ2n) is 5.87. The largest absolute Gasteiger partial charge is 0.489 e. The van der Waals surface area contributed by atoms with E-state index in [1.165, 1.54) is 11.3 Å². The first-order valence-electron chi connectivity index (χ1n) is 7.58. The Morgan fingerprint density at radius 1 is 1.48 bits per heavy atom. The normalized spacial score (nSPS) is 29.0. The molecule has 2 N–H and O–H groups in total. The van der Waals surface area contributed by atoms with Crippen molar-refractivity contribution in [1.29, 1.82) is 0 Å². The Bertz CT molecular complexity index is 491. The average molecular weight is 372 g/mol. The van der Waals surface area contributed by atoms with Crippen LogP contribution in [-0.4, -0.2) is 36.4 Å². The van der Waals surface area contributed by atoms with E-state index in [4.69, 9.17) is 15.2 Å². The summed E-state index contributed by atoms with van der Waals surface area (Å²) >= 11 is 5.61. The number of hydrogen-bond acceptors (Lipinski definition) is 4. The Morgan fingerprint density at radius 3 is 3.10 bits per heavy atom. The summed E-state index contributed by atoms with van der Waals surface area (Å²) in [5.74, 6) is 3.26. The van der Waals surface area contributed by atoms with Gasteiger partial charge in [-0.2, -0.15) is 11.8 Å². The van der Waals surface area contributed by atoms with Crippen molar-refractivity contribution in [2.45, 2.75) is 37.4 Å². The molecule has 5 heteroatoms. The second kappa shape index (κ2) is 6.90. The van der Waals surface area contributed by atoms with E-state index in [1.54, 1.807) is 0 Å². The molecule has 3 nitrogen and oxygen atoms in total. The van der Waals surface area contributed by atoms with Crippen LogP contribution in [0, 0.1) is 0 Å². The van der Waals surface area contributed by atoms with Crippen molar-refractivity contribution in [3.63, 3.8) is 0 Å². The fourth-order valence-electron chi connectivity index (χ4n) is 3.09. The van der Waals surface area contributed by atoms with Crippen molar-refractivity contribution in [2.75, 3.05) is 24.7 Å². The predicted octanol–water partition coefficient (Wildman–Crippen LogP) is 3.38. The van der Waals surface area contributed by atoms with Crippen molar-refractivity contribution in [3.8, 4) is 5.75 Å². The Kier molecular flexibility index (Phi) is 5.15. The standard InChI is InChI=1S/C16H22BrNO2S/c17-14-9-12(3-6-18)1-2-15(14)20-13-4-7-19-16(10-13)5-8-21-11-16/h1-2,9,13H,3-8,10-11,18H2. The summed E-state index contributed by atoms with van der Waals surface area (Å²) in [5, 5.41) is 0. The molecule has 0 radical (unpaired) electrons. The molecule has 2 aliphatic heterocycles. The van der Waals surface area contributed by atoms with E-state index in [-0.39, 0.29) is 11.7 Å². The van der Waals surface area contributed by atoms with Gasteiger partial charge in [-0.3, -0.25) is 0 Å². The smallest absolute Gasteiger partial charge is 0.133 e. The number of ether oxygens (including phenoxy) is 2. The number of benzene rings is 1. The SMILES string of the molecule is NCCc1ccc(OC2CCOC3(CCSC3)C2)c(Br)c1. The van der Waals surface area contributed by atoms with Crippen LogP contribution in [0.4, 0.5) is 0 Å². The number of thioether (sulfide) groups is 1. The molecule has 2 fully saturated rings. The summed E-state index contributed by atoms with van der Waals surface area (Å²) in [4.78, 5) is 0. The molecule has 1 aromatic carbocycles. The lowest BCUT2D eigenvalue weighted by Crippen LogP contribution is -2.43. The molecule has 2 unspecified atom stereocenters. The average Bonchev–Trinajstić information content (AvgIpc) is 2.90. The summed E-state index contributed by atoms with van der Waals surface area (Å²) in [7, 11) is 0.